The maximum Gasteiger partial charge on any atom is 0.166 e. The molecule has 3 aromatic carbocycles. The van der Waals surface area contributed by atoms with Gasteiger partial charge in [-0.1, -0.05) is 55.8 Å². The van der Waals surface area contributed by atoms with E-state index >= 15 is 0 Å². The Kier molecular flexibility index (Phi) is 5.94. The van der Waals surface area contributed by atoms with Crippen molar-refractivity contribution in [3.8, 4) is 11.1 Å². The third-order valence-corrected chi connectivity index (χ3v) is 4.63. The SMILES string of the molecule is CCCc1ccc(-c2ccc(CCc3ccc(F)c(F)c3)cc2)c(F)c1F. The lowest BCUT2D eigenvalue weighted by molar-refractivity contribution is 0.500. The number of hydrogen-bond donors (Lipinski definition) is 0. The van der Waals surface area contributed by atoms with Crippen LogP contribution in [0.5, 0.6) is 0 Å². The number of halogens is 4. The van der Waals surface area contributed by atoms with Crippen LogP contribution in [0.4, 0.5) is 17.6 Å². The van der Waals surface area contributed by atoms with Crippen LogP contribution in [-0.4, -0.2) is 0 Å². The molecule has 3 aromatic rings. The van der Waals surface area contributed by atoms with E-state index in [-0.39, 0.29) is 5.56 Å². The molecule has 0 aliphatic carbocycles. The molecule has 140 valence electrons. The van der Waals surface area contributed by atoms with Crippen molar-refractivity contribution in [2.75, 3.05) is 0 Å². The fourth-order valence-electron chi connectivity index (χ4n) is 3.11. The van der Waals surface area contributed by atoms with Crippen LogP contribution in [0.2, 0.25) is 0 Å². The fourth-order valence-corrected chi connectivity index (χ4v) is 3.11. The van der Waals surface area contributed by atoms with Crippen LogP contribution in [0, 0.1) is 23.3 Å². The molecule has 0 radical (unpaired) electrons. The summed E-state index contributed by atoms with van der Waals surface area (Å²) in [5, 5.41) is 0. The fraction of sp³-hybridized carbons (Fsp3) is 0.217. The summed E-state index contributed by atoms with van der Waals surface area (Å²) < 4.78 is 54.7. The van der Waals surface area contributed by atoms with E-state index in [0.717, 1.165) is 18.1 Å². The molecule has 27 heavy (non-hydrogen) atoms. The van der Waals surface area contributed by atoms with Crippen molar-refractivity contribution in [1.29, 1.82) is 0 Å². The van der Waals surface area contributed by atoms with Crippen LogP contribution in [0.1, 0.15) is 30.0 Å². The van der Waals surface area contributed by atoms with Gasteiger partial charge in [0.25, 0.3) is 0 Å². The normalized spacial score (nSPS) is 11.0. The van der Waals surface area contributed by atoms with E-state index in [1.807, 2.05) is 19.1 Å². The summed E-state index contributed by atoms with van der Waals surface area (Å²) in [6.07, 6.45) is 2.46. The Labute approximate surface area is 156 Å². The van der Waals surface area contributed by atoms with E-state index in [0.29, 0.717) is 36.0 Å². The first kappa shape index (κ1) is 19.2. The van der Waals surface area contributed by atoms with E-state index in [1.165, 1.54) is 6.07 Å². The Bertz CT molecular complexity index is 930. The van der Waals surface area contributed by atoms with Crippen molar-refractivity contribution in [2.24, 2.45) is 0 Å². The summed E-state index contributed by atoms with van der Waals surface area (Å²) in [6, 6.07) is 14.3. The van der Waals surface area contributed by atoms with Gasteiger partial charge in [0, 0.05) is 5.56 Å². The Balaban J connectivity index is 1.73. The monoisotopic (exact) mass is 372 g/mol. The third kappa shape index (κ3) is 4.38. The van der Waals surface area contributed by atoms with Crippen molar-refractivity contribution < 1.29 is 17.6 Å². The Hall–Kier alpha value is -2.62. The highest BCUT2D eigenvalue weighted by molar-refractivity contribution is 5.65. The zero-order valence-electron chi connectivity index (χ0n) is 15.0. The second kappa shape index (κ2) is 8.38. The van der Waals surface area contributed by atoms with Crippen LogP contribution in [-0.2, 0) is 19.3 Å². The highest BCUT2D eigenvalue weighted by Gasteiger charge is 2.14. The van der Waals surface area contributed by atoms with Gasteiger partial charge >= 0.3 is 0 Å². The van der Waals surface area contributed by atoms with Crippen LogP contribution < -0.4 is 0 Å². The van der Waals surface area contributed by atoms with Gasteiger partial charge in [-0.05, 0) is 53.6 Å². The van der Waals surface area contributed by atoms with Gasteiger partial charge in [-0.15, -0.1) is 0 Å². The molecule has 0 aromatic heterocycles. The molecule has 0 heterocycles. The van der Waals surface area contributed by atoms with Crippen LogP contribution >= 0.6 is 0 Å². The minimum atomic E-state index is -0.859. The highest BCUT2D eigenvalue weighted by atomic mass is 19.2. The molecule has 0 nitrogen and oxygen atoms in total. The summed E-state index contributed by atoms with van der Waals surface area (Å²) in [4.78, 5) is 0. The largest absolute Gasteiger partial charge is 0.204 e. The first-order valence-corrected chi connectivity index (χ1v) is 8.99. The Morgan fingerprint density at radius 2 is 1.30 bits per heavy atom. The lowest BCUT2D eigenvalue weighted by Crippen LogP contribution is -1.97. The van der Waals surface area contributed by atoms with E-state index in [9.17, 15) is 17.6 Å². The molecular formula is C23H20F4. The molecule has 0 aliphatic rings. The second-order valence-corrected chi connectivity index (χ2v) is 6.60. The third-order valence-electron chi connectivity index (χ3n) is 4.63. The highest BCUT2D eigenvalue weighted by Crippen LogP contribution is 2.27. The number of rotatable bonds is 6. The summed E-state index contributed by atoms with van der Waals surface area (Å²) in [7, 11) is 0. The summed E-state index contributed by atoms with van der Waals surface area (Å²) in [6.45, 7) is 1.92. The van der Waals surface area contributed by atoms with Gasteiger partial charge in [0.05, 0.1) is 0 Å². The second-order valence-electron chi connectivity index (χ2n) is 6.60. The molecule has 0 N–H and O–H groups in total. The first-order valence-electron chi connectivity index (χ1n) is 8.99. The zero-order chi connectivity index (χ0) is 19.4. The van der Waals surface area contributed by atoms with Crippen molar-refractivity contribution >= 4 is 0 Å². The molecule has 0 amide bonds. The predicted octanol–water partition coefficient (Wildman–Crippen LogP) is 6.65. The van der Waals surface area contributed by atoms with Crippen molar-refractivity contribution in [2.45, 2.75) is 32.6 Å². The standard InChI is InChI=1S/C23H20F4/c1-2-3-18-11-12-19(23(27)22(18)26)17-9-6-15(7-10-17)4-5-16-8-13-20(24)21(25)14-16/h6-14H,2-5H2,1H3. The van der Waals surface area contributed by atoms with Gasteiger partial charge in [-0.3, -0.25) is 0 Å². The first-order chi connectivity index (χ1) is 13.0. The average Bonchev–Trinajstić information content (AvgIpc) is 2.67. The van der Waals surface area contributed by atoms with E-state index < -0.39 is 23.3 Å². The minimum Gasteiger partial charge on any atom is -0.204 e. The Morgan fingerprint density at radius 3 is 1.96 bits per heavy atom. The van der Waals surface area contributed by atoms with Crippen LogP contribution in [0.25, 0.3) is 11.1 Å². The molecule has 3 rings (SSSR count). The van der Waals surface area contributed by atoms with E-state index in [4.69, 9.17) is 0 Å². The minimum absolute atomic E-state index is 0.236. The quantitative estimate of drug-likeness (QED) is 0.425. The lowest BCUT2D eigenvalue weighted by atomic mass is 9.98. The molecule has 0 spiro atoms. The molecule has 0 fully saturated rings. The van der Waals surface area contributed by atoms with Gasteiger partial charge in [0.1, 0.15) is 0 Å². The van der Waals surface area contributed by atoms with Gasteiger partial charge < -0.3 is 0 Å². The van der Waals surface area contributed by atoms with E-state index in [1.54, 1.807) is 30.3 Å². The summed E-state index contributed by atoms with van der Waals surface area (Å²) >= 11 is 0. The van der Waals surface area contributed by atoms with Gasteiger partial charge in [0.15, 0.2) is 23.3 Å². The number of benzene rings is 3. The molecule has 0 saturated carbocycles. The lowest BCUT2D eigenvalue weighted by Gasteiger charge is -2.09. The van der Waals surface area contributed by atoms with Gasteiger partial charge in [0.2, 0.25) is 0 Å². The predicted molar refractivity (Wildman–Crippen MR) is 99.6 cm³/mol. The average molecular weight is 372 g/mol. The molecule has 0 unspecified atom stereocenters. The molecule has 4 heteroatoms. The van der Waals surface area contributed by atoms with Gasteiger partial charge in [-0.2, -0.15) is 0 Å². The number of hydrogen-bond acceptors (Lipinski definition) is 0. The topological polar surface area (TPSA) is 0 Å². The molecule has 0 bridgehead atoms. The van der Waals surface area contributed by atoms with E-state index in [2.05, 4.69) is 0 Å². The Morgan fingerprint density at radius 1 is 0.630 bits per heavy atom. The van der Waals surface area contributed by atoms with Gasteiger partial charge in [-0.25, -0.2) is 17.6 Å². The van der Waals surface area contributed by atoms with Crippen molar-refractivity contribution in [1.82, 2.24) is 0 Å². The summed E-state index contributed by atoms with van der Waals surface area (Å²) in [5.41, 5.74) is 2.91. The van der Waals surface area contributed by atoms with Crippen LogP contribution in [0.3, 0.4) is 0 Å². The van der Waals surface area contributed by atoms with Crippen LogP contribution in [0.15, 0.2) is 54.6 Å². The zero-order valence-corrected chi connectivity index (χ0v) is 15.0. The number of aryl methyl sites for hydroxylation is 3. The molecule has 0 aliphatic heterocycles. The van der Waals surface area contributed by atoms with Crippen molar-refractivity contribution in [3.63, 3.8) is 0 Å². The smallest absolute Gasteiger partial charge is 0.166 e. The molecule has 0 saturated heterocycles. The maximum atomic E-state index is 14.4. The molecule has 0 atom stereocenters. The molecular weight excluding hydrogens is 352 g/mol. The summed E-state index contributed by atoms with van der Waals surface area (Å²) in [5.74, 6) is -3.32. The van der Waals surface area contributed by atoms with Crippen molar-refractivity contribution in [3.05, 3.63) is 94.6 Å². The maximum absolute atomic E-state index is 14.4.